The van der Waals surface area contributed by atoms with E-state index in [0.29, 0.717) is 22.6 Å². The third-order valence-electron chi connectivity index (χ3n) is 3.98. The van der Waals surface area contributed by atoms with Crippen molar-refractivity contribution >= 4 is 16.8 Å². The lowest BCUT2D eigenvalue weighted by Crippen LogP contribution is -2.27. The van der Waals surface area contributed by atoms with Crippen molar-refractivity contribution in [3.63, 3.8) is 0 Å². The van der Waals surface area contributed by atoms with Crippen molar-refractivity contribution in [1.82, 2.24) is 10.3 Å². The van der Waals surface area contributed by atoms with Gasteiger partial charge < -0.3 is 19.8 Å². The number of methoxy groups -OCH3 is 2. The number of nitrogens with one attached hydrogen (secondary N) is 2. The Hall–Kier alpha value is -3.35. The number of ether oxygens (including phenoxy) is 2. The average molecular weight is 356 g/mol. The highest BCUT2D eigenvalue weighted by atomic mass is 19.1. The Bertz CT molecular complexity index is 1030. The molecule has 0 unspecified atom stereocenters. The number of aromatic nitrogens is 1. The van der Waals surface area contributed by atoms with Crippen LogP contribution in [0.4, 0.5) is 4.39 Å². The molecule has 0 fully saturated rings. The second-order valence-electron chi connectivity index (χ2n) is 5.58. The van der Waals surface area contributed by atoms with E-state index in [4.69, 9.17) is 9.47 Å². The maximum Gasteiger partial charge on any atom is 0.254 e. The first-order valence-electron chi connectivity index (χ1n) is 7.84. The molecule has 2 aromatic carbocycles. The monoisotopic (exact) mass is 356 g/mol. The van der Waals surface area contributed by atoms with Crippen molar-refractivity contribution < 1.29 is 18.7 Å². The molecular formula is C19H17FN2O4. The number of rotatable bonds is 5. The second-order valence-corrected chi connectivity index (χ2v) is 5.58. The van der Waals surface area contributed by atoms with E-state index in [0.717, 1.165) is 5.39 Å². The first-order chi connectivity index (χ1) is 12.5. The van der Waals surface area contributed by atoms with E-state index in [1.165, 1.54) is 32.4 Å². The van der Waals surface area contributed by atoms with Gasteiger partial charge >= 0.3 is 0 Å². The van der Waals surface area contributed by atoms with Crippen LogP contribution in [0.15, 0.2) is 47.3 Å². The molecule has 1 aromatic heterocycles. The van der Waals surface area contributed by atoms with Gasteiger partial charge in [-0.15, -0.1) is 0 Å². The highest BCUT2D eigenvalue weighted by molar-refractivity contribution is 5.94. The van der Waals surface area contributed by atoms with Crippen molar-refractivity contribution in [3.05, 3.63) is 69.8 Å². The summed E-state index contributed by atoms with van der Waals surface area (Å²) in [5.74, 6) is -0.186. The summed E-state index contributed by atoms with van der Waals surface area (Å²) >= 11 is 0. The fraction of sp³-hybridized carbons (Fsp3) is 0.158. The van der Waals surface area contributed by atoms with Gasteiger partial charge in [-0.1, -0.05) is 12.1 Å². The summed E-state index contributed by atoms with van der Waals surface area (Å²) in [6, 6.07) is 10.7. The zero-order valence-corrected chi connectivity index (χ0v) is 14.3. The van der Waals surface area contributed by atoms with Gasteiger partial charge in [0.2, 0.25) is 0 Å². The van der Waals surface area contributed by atoms with Crippen LogP contribution in [0.3, 0.4) is 0 Å². The highest BCUT2D eigenvalue weighted by Crippen LogP contribution is 2.30. The lowest BCUT2D eigenvalue weighted by Gasteiger charge is -2.10. The van der Waals surface area contributed by atoms with Crippen LogP contribution in [0.5, 0.6) is 11.5 Å². The molecule has 0 saturated carbocycles. The quantitative estimate of drug-likeness (QED) is 0.736. The Balaban J connectivity index is 1.88. The van der Waals surface area contributed by atoms with Gasteiger partial charge in [-0.3, -0.25) is 9.59 Å². The normalized spacial score (nSPS) is 10.6. The molecule has 0 aliphatic rings. The van der Waals surface area contributed by atoms with Crippen LogP contribution in [0, 0.1) is 5.82 Å². The number of aromatic amines is 1. The molecule has 7 heteroatoms. The molecule has 1 heterocycles. The van der Waals surface area contributed by atoms with Gasteiger partial charge in [0, 0.05) is 23.6 Å². The summed E-state index contributed by atoms with van der Waals surface area (Å²) in [5, 5.41) is 3.28. The molecule has 0 spiro atoms. The molecule has 2 N–H and O–H groups in total. The van der Waals surface area contributed by atoms with Crippen molar-refractivity contribution in [3.8, 4) is 11.5 Å². The Kier molecular flexibility index (Phi) is 4.88. The number of halogens is 1. The number of pyridine rings is 1. The van der Waals surface area contributed by atoms with Gasteiger partial charge in [0.15, 0.2) is 11.5 Å². The SMILES string of the molecule is COc1cc2cc(CNC(=O)c3ccccc3F)c(=O)[nH]c2cc1OC. The minimum Gasteiger partial charge on any atom is -0.493 e. The van der Waals surface area contributed by atoms with Crippen LogP contribution < -0.4 is 20.3 Å². The minimum atomic E-state index is -0.616. The number of amides is 1. The topological polar surface area (TPSA) is 80.4 Å². The van der Waals surface area contributed by atoms with E-state index in [1.807, 2.05) is 0 Å². The van der Waals surface area contributed by atoms with E-state index < -0.39 is 11.7 Å². The first kappa shape index (κ1) is 17.5. The summed E-state index contributed by atoms with van der Waals surface area (Å²) < 4.78 is 24.1. The molecule has 1 amide bonds. The van der Waals surface area contributed by atoms with Crippen LogP contribution in [-0.2, 0) is 6.54 Å². The Labute approximate surface area is 148 Å². The molecule has 0 bridgehead atoms. The maximum atomic E-state index is 13.7. The van der Waals surface area contributed by atoms with E-state index in [1.54, 1.807) is 24.3 Å². The van der Waals surface area contributed by atoms with E-state index in [2.05, 4.69) is 10.3 Å². The second kappa shape index (κ2) is 7.26. The van der Waals surface area contributed by atoms with E-state index in [-0.39, 0.29) is 17.7 Å². The third-order valence-corrected chi connectivity index (χ3v) is 3.98. The van der Waals surface area contributed by atoms with Gasteiger partial charge in [0.25, 0.3) is 11.5 Å². The molecule has 0 aliphatic heterocycles. The van der Waals surface area contributed by atoms with Crippen molar-refractivity contribution in [1.29, 1.82) is 0 Å². The number of benzene rings is 2. The molecule has 0 atom stereocenters. The summed E-state index contributed by atoms with van der Waals surface area (Å²) in [6.07, 6.45) is 0. The van der Waals surface area contributed by atoms with Crippen LogP contribution >= 0.6 is 0 Å². The Morgan fingerprint density at radius 2 is 1.81 bits per heavy atom. The van der Waals surface area contributed by atoms with Crippen LogP contribution in [0.1, 0.15) is 15.9 Å². The summed E-state index contributed by atoms with van der Waals surface area (Å²) in [4.78, 5) is 27.1. The molecule has 0 radical (unpaired) electrons. The minimum absolute atomic E-state index is 0.0349. The largest absolute Gasteiger partial charge is 0.493 e. The zero-order valence-electron chi connectivity index (χ0n) is 14.3. The average Bonchev–Trinajstić information content (AvgIpc) is 2.65. The highest BCUT2D eigenvalue weighted by Gasteiger charge is 2.13. The summed E-state index contributed by atoms with van der Waals surface area (Å²) in [5.41, 5.74) is 0.501. The van der Waals surface area contributed by atoms with Gasteiger partial charge in [0.1, 0.15) is 5.82 Å². The van der Waals surface area contributed by atoms with Gasteiger partial charge in [0.05, 0.1) is 25.3 Å². The standard InChI is InChI=1S/C19H17FN2O4/c1-25-16-8-11-7-12(18(23)22-15(11)9-17(16)26-2)10-21-19(24)13-5-3-4-6-14(13)20/h3-9H,10H2,1-2H3,(H,21,24)(H,22,23). The molecule has 134 valence electrons. The van der Waals surface area contributed by atoms with E-state index in [9.17, 15) is 14.0 Å². The zero-order chi connectivity index (χ0) is 18.7. The Morgan fingerprint density at radius 1 is 1.12 bits per heavy atom. The summed E-state index contributed by atoms with van der Waals surface area (Å²) in [7, 11) is 3.03. The first-order valence-corrected chi connectivity index (χ1v) is 7.84. The van der Waals surface area contributed by atoms with Crippen LogP contribution in [0.25, 0.3) is 10.9 Å². The fourth-order valence-corrected chi connectivity index (χ4v) is 2.63. The fourth-order valence-electron chi connectivity index (χ4n) is 2.63. The molecule has 6 nitrogen and oxygen atoms in total. The van der Waals surface area contributed by atoms with Gasteiger partial charge in [-0.05, 0) is 24.3 Å². The van der Waals surface area contributed by atoms with Crippen molar-refractivity contribution in [2.24, 2.45) is 0 Å². The van der Waals surface area contributed by atoms with Crippen molar-refractivity contribution in [2.45, 2.75) is 6.54 Å². The summed E-state index contributed by atoms with van der Waals surface area (Å²) in [6.45, 7) is -0.0349. The number of hydrogen-bond donors (Lipinski definition) is 2. The molecule has 3 aromatic rings. The number of carbonyl (C=O) groups excluding carboxylic acids is 1. The lowest BCUT2D eigenvalue weighted by atomic mass is 10.1. The number of H-pyrrole nitrogens is 1. The predicted octanol–water partition coefficient (Wildman–Crippen LogP) is 2.61. The van der Waals surface area contributed by atoms with E-state index >= 15 is 0 Å². The molecule has 3 rings (SSSR count). The van der Waals surface area contributed by atoms with Gasteiger partial charge in [-0.2, -0.15) is 0 Å². The van der Waals surface area contributed by atoms with Gasteiger partial charge in [-0.25, -0.2) is 4.39 Å². The third kappa shape index (κ3) is 3.37. The maximum absolute atomic E-state index is 13.7. The Morgan fingerprint density at radius 3 is 2.50 bits per heavy atom. The van der Waals surface area contributed by atoms with Crippen LogP contribution in [0.2, 0.25) is 0 Å². The lowest BCUT2D eigenvalue weighted by molar-refractivity contribution is 0.0947. The molecular weight excluding hydrogens is 339 g/mol. The number of fused-ring (bicyclic) bond motifs is 1. The molecule has 0 aliphatic carbocycles. The number of hydrogen-bond acceptors (Lipinski definition) is 4. The van der Waals surface area contributed by atoms with Crippen molar-refractivity contribution in [2.75, 3.05) is 14.2 Å². The predicted molar refractivity (Wildman–Crippen MR) is 95.2 cm³/mol. The number of carbonyl (C=O) groups is 1. The molecule has 0 saturated heterocycles. The molecule has 26 heavy (non-hydrogen) atoms. The smallest absolute Gasteiger partial charge is 0.254 e. The van der Waals surface area contributed by atoms with Crippen LogP contribution in [-0.4, -0.2) is 25.1 Å².